The fourth-order valence-electron chi connectivity index (χ4n) is 1.82. The van der Waals surface area contributed by atoms with E-state index >= 15 is 0 Å². The Bertz CT molecular complexity index is 816. The number of aromatic nitrogens is 3. The van der Waals surface area contributed by atoms with E-state index in [1.54, 1.807) is 19.2 Å². The van der Waals surface area contributed by atoms with E-state index in [1.165, 1.54) is 35.1 Å². The van der Waals surface area contributed by atoms with Gasteiger partial charge in [0.15, 0.2) is 5.65 Å². The van der Waals surface area contributed by atoms with Gasteiger partial charge in [-0.2, -0.15) is 5.10 Å². The average molecular weight is 286 g/mol. The molecule has 2 heterocycles. The number of nitrogens with zero attached hydrogens (tertiary/aromatic N) is 3. The zero-order valence-corrected chi connectivity index (χ0v) is 11.1. The number of fused-ring (bicyclic) bond motifs is 1. The molecule has 0 radical (unpaired) electrons. The summed E-state index contributed by atoms with van der Waals surface area (Å²) in [5.41, 5.74) is 4.53. The Balaban J connectivity index is 1.73. The first-order valence-corrected chi connectivity index (χ1v) is 6.16. The summed E-state index contributed by atoms with van der Waals surface area (Å²) in [7, 11) is 0. The second-order valence-electron chi connectivity index (χ2n) is 4.43. The summed E-state index contributed by atoms with van der Waals surface area (Å²) in [6.07, 6.45) is 4.50. The number of hydrogen-bond donors (Lipinski definition) is 1. The van der Waals surface area contributed by atoms with Crippen LogP contribution >= 0.6 is 0 Å². The predicted octanol–water partition coefficient (Wildman–Crippen LogP) is 2.36. The molecule has 0 fully saturated rings. The van der Waals surface area contributed by atoms with Crippen LogP contribution in [0, 0.1) is 12.7 Å². The van der Waals surface area contributed by atoms with Crippen molar-refractivity contribution in [3.05, 3.63) is 59.8 Å². The van der Waals surface area contributed by atoms with Gasteiger partial charge >= 0.3 is 5.97 Å². The van der Waals surface area contributed by atoms with Crippen molar-refractivity contribution in [3.63, 3.8) is 0 Å². The highest BCUT2D eigenvalue weighted by molar-refractivity contribution is 5.89. The summed E-state index contributed by atoms with van der Waals surface area (Å²) < 4.78 is 14.4. The molecule has 2 aromatic heterocycles. The number of nitrogens with one attached hydrogen (secondary N) is 1. The number of carbonyl (C=O) groups is 1. The van der Waals surface area contributed by atoms with Crippen LogP contribution < -0.4 is 5.48 Å². The zero-order valence-electron chi connectivity index (χ0n) is 11.1. The standard InChI is InChI=1S/C14H11FN4O2/c1-9-6-11(15)2-3-12(9)18-21-14(20)10-7-16-13-4-5-17-19(13)8-10/h2-8,18H,1H3. The maximum atomic E-state index is 13.0. The fourth-order valence-corrected chi connectivity index (χ4v) is 1.82. The van der Waals surface area contributed by atoms with Crippen molar-refractivity contribution < 1.29 is 14.0 Å². The van der Waals surface area contributed by atoms with Crippen molar-refractivity contribution in [2.45, 2.75) is 6.92 Å². The molecule has 0 aliphatic carbocycles. The molecule has 21 heavy (non-hydrogen) atoms. The van der Waals surface area contributed by atoms with Crippen molar-refractivity contribution in [2.75, 3.05) is 5.48 Å². The van der Waals surface area contributed by atoms with Gasteiger partial charge in [-0.3, -0.25) is 0 Å². The van der Waals surface area contributed by atoms with E-state index in [4.69, 9.17) is 4.84 Å². The van der Waals surface area contributed by atoms with E-state index in [2.05, 4.69) is 15.6 Å². The lowest BCUT2D eigenvalue weighted by molar-refractivity contribution is 0.0595. The molecule has 0 spiro atoms. The summed E-state index contributed by atoms with van der Waals surface area (Å²) >= 11 is 0. The van der Waals surface area contributed by atoms with Gasteiger partial charge in [-0.05, 0) is 30.7 Å². The Hall–Kier alpha value is -2.96. The number of anilines is 1. The SMILES string of the molecule is Cc1cc(F)ccc1NOC(=O)c1cnc2ccnn2c1. The van der Waals surface area contributed by atoms with Crippen LogP contribution in [0.2, 0.25) is 0 Å². The average Bonchev–Trinajstić information content (AvgIpc) is 2.93. The number of benzene rings is 1. The molecule has 1 aromatic carbocycles. The van der Waals surface area contributed by atoms with Crippen LogP contribution in [0.3, 0.4) is 0 Å². The van der Waals surface area contributed by atoms with E-state index in [0.717, 1.165) is 0 Å². The number of carbonyl (C=O) groups excluding carboxylic acids is 1. The van der Waals surface area contributed by atoms with E-state index in [9.17, 15) is 9.18 Å². The van der Waals surface area contributed by atoms with Crippen molar-refractivity contribution in [3.8, 4) is 0 Å². The van der Waals surface area contributed by atoms with E-state index < -0.39 is 5.97 Å². The van der Waals surface area contributed by atoms with Crippen molar-refractivity contribution >= 4 is 17.3 Å². The lowest BCUT2D eigenvalue weighted by atomic mass is 10.2. The van der Waals surface area contributed by atoms with Crippen molar-refractivity contribution in [1.29, 1.82) is 0 Å². The lowest BCUT2D eigenvalue weighted by Crippen LogP contribution is -2.12. The van der Waals surface area contributed by atoms with Crippen LogP contribution in [-0.4, -0.2) is 20.6 Å². The third kappa shape index (κ3) is 2.66. The molecule has 0 bridgehead atoms. The van der Waals surface area contributed by atoms with Gasteiger partial charge in [-0.1, -0.05) is 0 Å². The Morgan fingerprint density at radius 1 is 1.38 bits per heavy atom. The molecule has 0 atom stereocenters. The molecule has 3 aromatic rings. The highest BCUT2D eigenvalue weighted by atomic mass is 19.1. The number of aryl methyl sites for hydroxylation is 1. The van der Waals surface area contributed by atoms with Crippen LogP contribution in [0.1, 0.15) is 15.9 Å². The van der Waals surface area contributed by atoms with E-state index in [-0.39, 0.29) is 11.4 Å². The summed E-state index contributed by atoms with van der Waals surface area (Å²) in [6.45, 7) is 1.70. The highest BCUT2D eigenvalue weighted by Gasteiger charge is 2.10. The first-order valence-electron chi connectivity index (χ1n) is 6.16. The van der Waals surface area contributed by atoms with Crippen LogP contribution in [-0.2, 0) is 4.84 Å². The van der Waals surface area contributed by atoms with Crippen molar-refractivity contribution in [1.82, 2.24) is 14.6 Å². The largest absolute Gasteiger partial charge is 0.365 e. The molecule has 0 saturated carbocycles. The second-order valence-corrected chi connectivity index (χ2v) is 4.43. The van der Waals surface area contributed by atoms with Gasteiger partial charge in [0.2, 0.25) is 0 Å². The molecule has 3 rings (SSSR count). The number of halogens is 1. The summed E-state index contributed by atoms with van der Waals surface area (Å²) in [5.74, 6) is -0.957. The van der Waals surface area contributed by atoms with Gasteiger partial charge in [-0.15, -0.1) is 0 Å². The maximum Gasteiger partial charge on any atom is 0.365 e. The normalized spacial score (nSPS) is 10.6. The molecule has 0 aliphatic rings. The Labute approximate surface area is 119 Å². The molecule has 0 aliphatic heterocycles. The monoisotopic (exact) mass is 286 g/mol. The Kier molecular flexibility index (Phi) is 3.23. The molecule has 6 nitrogen and oxygen atoms in total. The van der Waals surface area contributed by atoms with E-state index in [0.29, 0.717) is 16.9 Å². The maximum absolute atomic E-state index is 13.0. The number of hydrogen-bond acceptors (Lipinski definition) is 5. The molecular formula is C14H11FN4O2. The van der Waals surface area contributed by atoms with Gasteiger partial charge < -0.3 is 4.84 Å². The van der Waals surface area contributed by atoms with Crippen LogP contribution in [0.15, 0.2) is 42.9 Å². The fraction of sp³-hybridized carbons (Fsp3) is 0.0714. The summed E-state index contributed by atoms with van der Waals surface area (Å²) in [4.78, 5) is 21.0. The minimum atomic E-state index is -0.608. The van der Waals surface area contributed by atoms with E-state index in [1.807, 2.05) is 0 Å². The lowest BCUT2D eigenvalue weighted by Gasteiger charge is -2.09. The second kappa shape index (κ2) is 5.20. The summed E-state index contributed by atoms with van der Waals surface area (Å²) in [6, 6.07) is 5.83. The first-order chi connectivity index (χ1) is 10.1. The molecule has 0 amide bonds. The Morgan fingerprint density at radius 3 is 3.05 bits per heavy atom. The topological polar surface area (TPSA) is 68.5 Å². The minimum absolute atomic E-state index is 0.249. The van der Waals surface area contributed by atoms with Crippen LogP contribution in [0.25, 0.3) is 5.65 Å². The van der Waals surface area contributed by atoms with Crippen LogP contribution in [0.4, 0.5) is 10.1 Å². The quantitative estimate of drug-likeness (QED) is 0.749. The first kappa shape index (κ1) is 13.0. The smallest absolute Gasteiger partial charge is 0.338 e. The van der Waals surface area contributed by atoms with Gasteiger partial charge in [0, 0.05) is 18.5 Å². The number of rotatable bonds is 3. The van der Waals surface area contributed by atoms with Gasteiger partial charge in [0.25, 0.3) is 0 Å². The molecule has 0 saturated heterocycles. The molecule has 1 N–H and O–H groups in total. The van der Waals surface area contributed by atoms with Crippen molar-refractivity contribution in [2.24, 2.45) is 0 Å². The van der Waals surface area contributed by atoms with Gasteiger partial charge in [-0.25, -0.2) is 24.2 Å². The molecular weight excluding hydrogens is 275 g/mol. The minimum Gasteiger partial charge on any atom is -0.338 e. The molecule has 106 valence electrons. The van der Waals surface area contributed by atoms with Gasteiger partial charge in [0.05, 0.1) is 17.4 Å². The highest BCUT2D eigenvalue weighted by Crippen LogP contribution is 2.16. The third-order valence-electron chi connectivity index (χ3n) is 2.92. The van der Waals surface area contributed by atoms with Crippen LogP contribution in [0.5, 0.6) is 0 Å². The van der Waals surface area contributed by atoms with Gasteiger partial charge in [0.1, 0.15) is 5.82 Å². The zero-order chi connectivity index (χ0) is 14.8. The summed E-state index contributed by atoms with van der Waals surface area (Å²) in [5, 5.41) is 3.99. The third-order valence-corrected chi connectivity index (χ3v) is 2.92. The molecule has 0 unspecified atom stereocenters. The Morgan fingerprint density at radius 2 is 2.24 bits per heavy atom. The predicted molar refractivity (Wildman–Crippen MR) is 73.2 cm³/mol. The molecule has 7 heteroatoms.